The van der Waals surface area contributed by atoms with Crippen molar-refractivity contribution in [2.75, 3.05) is 39.2 Å². The van der Waals surface area contributed by atoms with Gasteiger partial charge in [-0.1, -0.05) is 42.0 Å². The summed E-state index contributed by atoms with van der Waals surface area (Å²) >= 11 is 0. The van der Waals surface area contributed by atoms with E-state index in [1.54, 1.807) is 19.2 Å². The Morgan fingerprint density at radius 3 is 2.65 bits per heavy atom. The molecule has 0 spiro atoms. The molecular formula is C31H37N5O6S. The molecule has 2 aromatic carbocycles. The molecule has 0 radical (unpaired) electrons. The zero-order valence-electron chi connectivity index (χ0n) is 24.6. The summed E-state index contributed by atoms with van der Waals surface area (Å²) in [5, 5.41) is 6.32. The van der Waals surface area contributed by atoms with Crippen LogP contribution in [0.4, 0.5) is 4.79 Å². The van der Waals surface area contributed by atoms with Gasteiger partial charge in [0.15, 0.2) is 9.84 Å². The third kappa shape index (κ3) is 7.63. The Bertz CT molecular complexity index is 1570. The van der Waals surface area contributed by atoms with Gasteiger partial charge < -0.3 is 29.7 Å². The minimum Gasteiger partial charge on any atom is -0.497 e. The number of nitrogens with one attached hydrogen (secondary N) is 2. The largest absolute Gasteiger partial charge is 0.497 e. The highest BCUT2D eigenvalue weighted by molar-refractivity contribution is 7.91. The van der Waals surface area contributed by atoms with Crippen LogP contribution in [0.1, 0.15) is 31.4 Å². The number of ether oxygens (including phenoxy) is 3. The second kappa shape index (κ2) is 13.0. The summed E-state index contributed by atoms with van der Waals surface area (Å²) in [7, 11) is -1.82. The molecule has 228 valence electrons. The average molecular weight is 608 g/mol. The van der Waals surface area contributed by atoms with Crippen LogP contribution in [0.15, 0.2) is 86.8 Å². The molecule has 3 heterocycles. The van der Waals surface area contributed by atoms with E-state index in [9.17, 15) is 13.2 Å². The fraction of sp³-hybridized carbons (Fsp3) is 0.387. The molecule has 0 aromatic heterocycles. The number of allylic oxidation sites excluding steroid dienone is 3. The Morgan fingerprint density at radius 2 is 1.95 bits per heavy atom. The summed E-state index contributed by atoms with van der Waals surface area (Å²) in [5.74, 6) is 1.82. The van der Waals surface area contributed by atoms with E-state index >= 15 is 0 Å². The molecule has 2 N–H and O–H groups in total. The number of aliphatic imine (C=N–C) groups is 2. The predicted octanol–water partition coefficient (Wildman–Crippen LogP) is 3.58. The second-order valence-electron chi connectivity index (χ2n) is 11.1. The number of hydrogen-bond donors (Lipinski definition) is 2. The van der Waals surface area contributed by atoms with Crippen molar-refractivity contribution >= 4 is 27.7 Å². The van der Waals surface area contributed by atoms with Crippen LogP contribution in [0, 0.1) is 0 Å². The number of nitrogens with zero attached hydrogens (tertiary/aromatic N) is 3. The number of benzene rings is 2. The quantitative estimate of drug-likeness (QED) is 0.489. The zero-order chi connectivity index (χ0) is 30.5. The lowest BCUT2D eigenvalue weighted by Crippen LogP contribution is -2.64. The number of alkyl carbamates (subject to hydrolysis) is 1. The zero-order valence-corrected chi connectivity index (χ0v) is 25.4. The highest BCUT2D eigenvalue weighted by Crippen LogP contribution is 2.24. The number of rotatable bonds is 7. The lowest BCUT2D eigenvalue weighted by atomic mass is 9.98. The van der Waals surface area contributed by atoms with E-state index in [2.05, 4.69) is 10.6 Å². The molecular weight excluding hydrogens is 570 g/mol. The van der Waals surface area contributed by atoms with Gasteiger partial charge in [-0.05, 0) is 49.2 Å². The van der Waals surface area contributed by atoms with Crippen molar-refractivity contribution in [1.82, 2.24) is 15.5 Å². The lowest BCUT2D eigenvalue weighted by molar-refractivity contribution is -0.0667. The van der Waals surface area contributed by atoms with Crippen LogP contribution >= 0.6 is 0 Å². The third-order valence-electron chi connectivity index (χ3n) is 7.29. The standard InChI is InChI=1S/C31H37N5O6S/c1-22(2)8-11-25-16-28(34-29(33-25)36-14-15-43(38,39)27-7-5-4-6-24(27)17-36)32-19-31(20-41-21-31)35-30(37)42-18-23-9-12-26(40-3)13-10-23/h4-13H,14-21H2,1-3H3,(H,35,37)(H,32,33,34)/b25-11+. The van der Waals surface area contributed by atoms with Gasteiger partial charge >= 0.3 is 6.09 Å². The first-order valence-corrected chi connectivity index (χ1v) is 15.7. The minimum atomic E-state index is -3.41. The normalized spacial score (nSPS) is 20.5. The van der Waals surface area contributed by atoms with Crippen LogP contribution in [0.2, 0.25) is 0 Å². The number of amidine groups is 1. The number of carbonyl (C=O) groups excluding carboxylic acids is 1. The van der Waals surface area contributed by atoms with Crippen LogP contribution in [0.3, 0.4) is 0 Å². The second-order valence-corrected chi connectivity index (χ2v) is 13.2. The van der Waals surface area contributed by atoms with Gasteiger partial charge in [-0.2, -0.15) is 4.99 Å². The molecule has 3 aliphatic heterocycles. The number of sulfone groups is 1. The maximum atomic E-state index is 12.9. The smallest absolute Gasteiger partial charge is 0.408 e. The van der Waals surface area contributed by atoms with Crippen molar-refractivity contribution in [2.45, 2.75) is 43.9 Å². The summed E-state index contributed by atoms with van der Waals surface area (Å²) in [5.41, 5.74) is 2.88. The number of carbonyl (C=O) groups is 1. The highest BCUT2D eigenvalue weighted by Gasteiger charge is 2.41. The molecule has 1 amide bonds. The Kier molecular flexibility index (Phi) is 9.16. The number of methoxy groups -OCH3 is 1. The van der Waals surface area contributed by atoms with Gasteiger partial charge in [-0.25, -0.2) is 13.2 Å². The molecule has 0 atom stereocenters. The van der Waals surface area contributed by atoms with Crippen LogP contribution in [0.5, 0.6) is 5.75 Å². The van der Waals surface area contributed by atoms with E-state index in [-0.39, 0.29) is 25.4 Å². The average Bonchev–Trinajstić information content (AvgIpc) is 3.12. The summed E-state index contributed by atoms with van der Waals surface area (Å²) in [6.07, 6.45) is 3.89. The predicted molar refractivity (Wildman–Crippen MR) is 164 cm³/mol. The first kappa shape index (κ1) is 30.3. The molecule has 12 heteroatoms. The van der Waals surface area contributed by atoms with Crippen LogP contribution in [-0.4, -0.2) is 75.9 Å². The molecule has 0 unspecified atom stereocenters. The first-order chi connectivity index (χ1) is 20.6. The maximum absolute atomic E-state index is 12.9. The fourth-order valence-corrected chi connectivity index (χ4v) is 6.32. The van der Waals surface area contributed by atoms with Gasteiger partial charge in [0.25, 0.3) is 0 Å². The van der Waals surface area contributed by atoms with E-state index < -0.39 is 21.5 Å². The van der Waals surface area contributed by atoms with E-state index in [0.717, 1.165) is 28.1 Å². The van der Waals surface area contributed by atoms with E-state index in [1.807, 2.05) is 67.3 Å². The van der Waals surface area contributed by atoms with Crippen LogP contribution in [-0.2, 0) is 32.5 Å². The Hall–Kier alpha value is -4.16. The van der Waals surface area contributed by atoms with Gasteiger partial charge in [0.2, 0.25) is 5.96 Å². The number of amides is 1. The molecule has 5 rings (SSSR count). The molecule has 11 nitrogen and oxygen atoms in total. The Morgan fingerprint density at radius 1 is 1.19 bits per heavy atom. The summed E-state index contributed by atoms with van der Waals surface area (Å²) in [6.45, 7) is 5.68. The van der Waals surface area contributed by atoms with Crippen LogP contribution < -0.4 is 15.4 Å². The minimum absolute atomic E-state index is 0.0206. The van der Waals surface area contributed by atoms with Crippen molar-refractivity contribution in [1.29, 1.82) is 0 Å². The number of guanidine groups is 1. The van der Waals surface area contributed by atoms with Crippen molar-refractivity contribution in [3.63, 3.8) is 0 Å². The highest BCUT2D eigenvalue weighted by atomic mass is 32.2. The molecule has 2 aromatic rings. The molecule has 0 saturated carbocycles. The van der Waals surface area contributed by atoms with E-state index in [1.165, 1.54) is 0 Å². The molecule has 43 heavy (non-hydrogen) atoms. The first-order valence-electron chi connectivity index (χ1n) is 14.1. The van der Waals surface area contributed by atoms with Crippen LogP contribution in [0.25, 0.3) is 0 Å². The maximum Gasteiger partial charge on any atom is 0.408 e. The molecule has 1 saturated heterocycles. The van der Waals surface area contributed by atoms with Gasteiger partial charge in [0, 0.05) is 25.2 Å². The SMILES string of the molecule is COc1ccc(COC(=O)NC2(CN=C3C/C(=C\C=C(C)C)NC(N4CCS(=O)(=O)c5ccccc5C4)=N3)COC2)cc1. The molecule has 0 aliphatic carbocycles. The van der Waals surface area contributed by atoms with Gasteiger partial charge in [-0.15, -0.1) is 0 Å². The third-order valence-corrected chi connectivity index (χ3v) is 9.08. The van der Waals surface area contributed by atoms with E-state index in [0.29, 0.717) is 42.9 Å². The van der Waals surface area contributed by atoms with Gasteiger partial charge in [0.1, 0.15) is 23.7 Å². The molecule has 0 bridgehead atoms. The fourth-order valence-electron chi connectivity index (χ4n) is 4.82. The van der Waals surface area contributed by atoms with Gasteiger partial charge in [0.05, 0.1) is 37.5 Å². The topological polar surface area (TPSA) is 131 Å². The van der Waals surface area contributed by atoms with Crippen molar-refractivity contribution in [3.05, 3.63) is 83.1 Å². The lowest BCUT2D eigenvalue weighted by Gasteiger charge is -2.40. The molecule has 3 aliphatic rings. The number of hydrogen-bond acceptors (Lipinski definition) is 9. The summed E-state index contributed by atoms with van der Waals surface area (Å²) in [4.78, 5) is 24.6. The van der Waals surface area contributed by atoms with E-state index in [4.69, 9.17) is 24.2 Å². The van der Waals surface area contributed by atoms with Crippen molar-refractivity contribution in [2.24, 2.45) is 9.98 Å². The monoisotopic (exact) mass is 607 g/mol. The molecule has 1 fully saturated rings. The Labute approximate surface area is 252 Å². The Balaban J connectivity index is 1.32. The summed E-state index contributed by atoms with van der Waals surface area (Å²) < 4.78 is 41.9. The number of fused-ring (bicyclic) bond motifs is 1. The summed E-state index contributed by atoms with van der Waals surface area (Å²) in [6, 6.07) is 14.4. The van der Waals surface area contributed by atoms with Gasteiger partial charge in [-0.3, -0.25) is 4.99 Å². The van der Waals surface area contributed by atoms with Crippen molar-refractivity contribution in [3.8, 4) is 5.75 Å². The van der Waals surface area contributed by atoms with Crippen molar-refractivity contribution < 1.29 is 27.4 Å².